The molecule has 0 unspecified atom stereocenters. The van der Waals surface area contributed by atoms with Crippen molar-refractivity contribution in [2.24, 2.45) is 0 Å². The van der Waals surface area contributed by atoms with E-state index in [1.807, 2.05) is 30.3 Å². The van der Waals surface area contributed by atoms with Gasteiger partial charge >= 0.3 is 0 Å². The Kier molecular flexibility index (Phi) is 3.80. The van der Waals surface area contributed by atoms with Crippen molar-refractivity contribution in [3.05, 3.63) is 57.8 Å². The van der Waals surface area contributed by atoms with Crippen LogP contribution in [-0.2, 0) is 6.54 Å². The van der Waals surface area contributed by atoms with Crippen molar-refractivity contribution < 1.29 is 0 Å². The molecule has 0 aliphatic carbocycles. The molecule has 0 spiro atoms. The molecular formula is C12H10BrClN2. The van der Waals surface area contributed by atoms with E-state index in [1.54, 1.807) is 12.4 Å². The van der Waals surface area contributed by atoms with Crippen LogP contribution >= 0.6 is 27.5 Å². The number of anilines is 1. The van der Waals surface area contributed by atoms with E-state index in [2.05, 4.69) is 26.2 Å². The SMILES string of the molecule is Clc1ccc(CNc2cncc(Br)c2)cc1. The van der Waals surface area contributed by atoms with Crippen molar-refractivity contribution in [2.45, 2.75) is 6.54 Å². The molecule has 0 saturated heterocycles. The van der Waals surface area contributed by atoms with Crippen LogP contribution in [0.4, 0.5) is 5.69 Å². The predicted octanol–water partition coefficient (Wildman–Crippen LogP) is 4.11. The number of hydrogen-bond acceptors (Lipinski definition) is 2. The van der Waals surface area contributed by atoms with Gasteiger partial charge in [-0.2, -0.15) is 0 Å². The highest BCUT2D eigenvalue weighted by Crippen LogP contribution is 2.15. The second-order valence-corrected chi connectivity index (χ2v) is 4.72. The lowest BCUT2D eigenvalue weighted by Gasteiger charge is -2.06. The molecule has 2 aromatic rings. The van der Waals surface area contributed by atoms with E-state index in [-0.39, 0.29) is 0 Å². The fourth-order valence-corrected chi connectivity index (χ4v) is 1.81. The number of aromatic nitrogens is 1. The molecule has 82 valence electrons. The van der Waals surface area contributed by atoms with Gasteiger partial charge in [0, 0.05) is 22.2 Å². The summed E-state index contributed by atoms with van der Waals surface area (Å²) in [6.07, 6.45) is 3.55. The summed E-state index contributed by atoms with van der Waals surface area (Å²) >= 11 is 9.19. The molecule has 4 heteroatoms. The summed E-state index contributed by atoms with van der Waals surface area (Å²) in [6.45, 7) is 0.759. The number of rotatable bonds is 3. The molecule has 0 aliphatic heterocycles. The minimum atomic E-state index is 0.757. The van der Waals surface area contributed by atoms with E-state index < -0.39 is 0 Å². The van der Waals surface area contributed by atoms with Crippen molar-refractivity contribution in [2.75, 3.05) is 5.32 Å². The smallest absolute Gasteiger partial charge is 0.0540 e. The molecule has 0 aliphatic rings. The van der Waals surface area contributed by atoms with Crippen molar-refractivity contribution in [3.8, 4) is 0 Å². The molecular weight excluding hydrogens is 288 g/mol. The highest BCUT2D eigenvalue weighted by atomic mass is 79.9. The van der Waals surface area contributed by atoms with Crippen LogP contribution < -0.4 is 5.32 Å². The summed E-state index contributed by atoms with van der Waals surface area (Å²) in [7, 11) is 0. The molecule has 2 rings (SSSR count). The minimum Gasteiger partial charge on any atom is -0.380 e. The van der Waals surface area contributed by atoms with Gasteiger partial charge in [-0.1, -0.05) is 23.7 Å². The Morgan fingerprint density at radius 3 is 2.62 bits per heavy atom. The van der Waals surface area contributed by atoms with Gasteiger partial charge < -0.3 is 5.32 Å². The molecule has 0 atom stereocenters. The number of halogens is 2. The predicted molar refractivity (Wildman–Crippen MR) is 70.7 cm³/mol. The molecule has 0 fully saturated rings. The second kappa shape index (κ2) is 5.32. The molecule has 1 aromatic carbocycles. The van der Waals surface area contributed by atoms with E-state index in [0.29, 0.717) is 0 Å². The second-order valence-electron chi connectivity index (χ2n) is 3.37. The highest BCUT2D eigenvalue weighted by molar-refractivity contribution is 9.10. The van der Waals surface area contributed by atoms with Gasteiger partial charge in [-0.3, -0.25) is 4.98 Å². The lowest BCUT2D eigenvalue weighted by atomic mass is 10.2. The molecule has 0 radical (unpaired) electrons. The molecule has 0 bridgehead atoms. The molecule has 16 heavy (non-hydrogen) atoms. The van der Waals surface area contributed by atoms with Crippen LogP contribution in [0.2, 0.25) is 5.02 Å². The third kappa shape index (κ3) is 3.22. The van der Waals surface area contributed by atoms with E-state index in [1.165, 1.54) is 5.56 Å². The highest BCUT2D eigenvalue weighted by Gasteiger charge is 1.95. The maximum absolute atomic E-state index is 5.81. The van der Waals surface area contributed by atoms with Crippen LogP contribution in [-0.4, -0.2) is 4.98 Å². The summed E-state index contributed by atoms with van der Waals surface area (Å²) in [5.41, 5.74) is 2.17. The first-order chi connectivity index (χ1) is 7.74. The molecule has 0 amide bonds. The van der Waals surface area contributed by atoms with Crippen LogP contribution in [0.1, 0.15) is 5.56 Å². The fourth-order valence-electron chi connectivity index (χ4n) is 1.31. The van der Waals surface area contributed by atoms with E-state index >= 15 is 0 Å². The van der Waals surface area contributed by atoms with E-state index in [0.717, 1.165) is 21.7 Å². The van der Waals surface area contributed by atoms with Crippen molar-refractivity contribution in [3.63, 3.8) is 0 Å². The Labute approximate surface area is 108 Å². The molecule has 1 N–H and O–H groups in total. The van der Waals surface area contributed by atoms with Gasteiger partial charge in [0.2, 0.25) is 0 Å². The first kappa shape index (κ1) is 11.4. The maximum atomic E-state index is 5.81. The summed E-state index contributed by atoms with van der Waals surface area (Å²) in [4.78, 5) is 4.08. The monoisotopic (exact) mass is 296 g/mol. The zero-order valence-corrected chi connectivity index (χ0v) is 10.8. The van der Waals surface area contributed by atoms with Crippen LogP contribution in [0.5, 0.6) is 0 Å². The third-order valence-corrected chi connectivity index (χ3v) is 2.80. The third-order valence-electron chi connectivity index (χ3n) is 2.11. The molecule has 2 nitrogen and oxygen atoms in total. The zero-order valence-electron chi connectivity index (χ0n) is 8.45. The largest absolute Gasteiger partial charge is 0.380 e. The number of nitrogens with zero attached hydrogens (tertiary/aromatic N) is 1. The quantitative estimate of drug-likeness (QED) is 0.922. The van der Waals surface area contributed by atoms with Gasteiger partial charge in [0.15, 0.2) is 0 Å². The Morgan fingerprint density at radius 2 is 1.94 bits per heavy atom. The number of nitrogens with one attached hydrogen (secondary N) is 1. The number of pyridine rings is 1. The lowest BCUT2D eigenvalue weighted by molar-refractivity contribution is 1.13. The topological polar surface area (TPSA) is 24.9 Å². The summed E-state index contributed by atoms with van der Waals surface area (Å²) < 4.78 is 0.966. The Balaban J connectivity index is 1.99. The lowest BCUT2D eigenvalue weighted by Crippen LogP contribution is -1.99. The van der Waals surface area contributed by atoms with E-state index in [4.69, 9.17) is 11.6 Å². The van der Waals surface area contributed by atoms with Gasteiger partial charge in [0.05, 0.1) is 11.9 Å². The van der Waals surface area contributed by atoms with Crippen LogP contribution in [0, 0.1) is 0 Å². The summed E-state index contributed by atoms with van der Waals surface area (Å²) in [5.74, 6) is 0. The summed E-state index contributed by atoms with van der Waals surface area (Å²) in [6, 6.07) is 9.76. The van der Waals surface area contributed by atoms with Crippen LogP contribution in [0.3, 0.4) is 0 Å². The Bertz CT molecular complexity index is 471. The van der Waals surface area contributed by atoms with E-state index in [9.17, 15) is 0 Å². The van der Waals surface area contributed by atoms with Crippen LogP contribution in [0.15, 0.2) is 47.2 Å². The maximum Gasteiger partial charge on any atom is 0.0540 e. The number of hydrogen-bond donors (Lipinski definition) is 1. The normalized spacial score (nSPS) is 10.1. The standard InChI is InChI=1S/C12H10BrClN2/c13-10-5-12(8-15-7-10)16-6-9-1-3-11(14)4-2-9/h1-5,7-8,16H,6H2. The first-order valence-electron chi connectivity index (χ1n) is 4.83. The number of benzene rings is 1. The molecule has 0 saturated carbocycles. The first-order valence-corrected chi connectivity index (χ1v) is 6.00. The van der Waals surface area contributed by atoms with Gasteiger partial charge in [0.1, 0.15) is 0 Å². The summed E-state index contributed by atoms with van der Waals surface area (Å²) in [5, 5.41) is 4.04. The van der Waals surface area contributed by atoms with Crippen molar-refractivity contribution in [1.82, 2.24) is 4.98 Å². The van der Waals surface area contributed by atoms with Gasteiger partial charge in [-0.15, -0.1) is 0 Å². The van der Waals surface area contributed by atoms with Gasteiger partial charge in [-0.25, -0.2) is 0 Å². The Hall–Kier alpha value is -1.06. The van der Waals surface area contributed by atoms with Crippen molar-refractivity contribution in [1.29, 1.82) is 0 Å². The van der Waals surface area contributed by atoms with Crippen LogP contribution in [0.25, 0.3) is 0 Å². The van der Waals surface area contributed by atoms with Gasteiger partial charge in [0.25, 0.3) is 0 Å². The average Bonchev–Trinajstić information content (AvgIpc) is 2.28. The van der Waals surface area contributed by atoms with Gasteiger partial charge in [-0.05, 0) is 39.7 Å². The van der Waals surface area contributed by atoms with Crippen molar-refractivity contribution >= 4 is 33.2 Å². The zero-order chi connectivity index (χ0) is 11.4. The molecule has 1 heterocycles. The molecule has 1 aromatic heterocycles. The minimum absolute atomic E-state index is 0.757. The average molecular weight is 298 g/mol. The fraction of sp³-hybridized carbons (Fsp3) is 0.0833. The Morgan fingerprint density at radius 1 is 1.19 bits per heavy atom.